The summed E-state index contributed by atoms with van der Waals surface area (Å²) < 4.78 is 31.6. The number of carboxylic acids is 1. The van der Waals surface area contributed by atoms with Gasteiger partial charge in [0.15, 0.2) is 0 Å². The SMILES string of the molecule is Cc1noc(C)c1C(F)(F)CCC(=O)O. The molecule has 0 bridgehead atoms. The van der Waals surface area contributed by atoms with Gasteiger partial charge in [0, 0.05) is 6.42 Å². The maximum absolute atomic E-state index is 13.5. The van der Waals surface area contributed by atoms with Crippen LogP contribution in [0.25, 0.3) is 0 Å². The van der Waals surface area contributed by atoms with Crippen LogP contribution in [-0.2, 0) is 10.7 Å². The van der Waals surface area contributed by atoms with Gasteiger partial charge in [0.2, 0.25) is 0 Å². The number of hydrogen-bond acceptors (Lipinski definition) is 3. The van der Waals surface area contributed by atoms with Gasteiger partial charge in [0.1, 0.15) is 5.76 Å². The summed E-state index contributed by atoms with van der Waals surface area (Å²) in [7, 11) is 0. The highest BCUT2D eigenvalue weighted by molar-refractivity contribution is 5.66. The Balaban J connectivity index is 2.90. The van der Waals surface area contributed by atoms with Gasteiger partial charge >= 0.3 is 5.97 Å². The van der Waals surface area contributed by atoms with Gasteiger partial charge in [-0.05, 0) is 13.8 Å². The summed E-state index contributed by atoms with van der Waals surface area (Å²) >= 11 is 0. The summed E-state index contributed by atoms with van der Waals surface area (Å²) in [5.74, 6) is -4.42. The van der Waals surface area contributed by atoms with E-state index in [2.05, 4.69) is 9.68 Å². The number of alkyl halides is 2. The van der Waals surface area contributed by atoms with Crippen LogP contribution in [0, 0.1) is 13.8 Å². The molecule has 1 N–H and O–H groups in total. The van der Waals surface area contributed by atoms with Crippen molar-refractivity contribution in [3.05, 3.63) is 17.0 Å². The molecule has 4 nitrogen and oxygen atoms in total. The molecule has 1 rings (SSSR count). The van der Waals surface area contributed by atoms with Crippen LogP contribution in [0.15, 0.2) is 4.52 Å². The molecule has 1 aromatic rings. The zero-order valence-electron chi connectivity index (χ0n) is 8.38. The molecule has 0 radical (unpaired) electrons. The third kappa shape index (κ3) is 2.51. The molecule has 1 aromatic heterocycles. The first-order valence-corrected chi connectivity index (χ1v) is 4.37. The van der Waals surface area contributed by atoms with Crippen molar-refractivity contribution >= 4 is 5.97 Å². The van der Waals surface area contributed by atoms with Crippen molar-refractivity contribution in [1.82, 2.24) is 5.16 Å². The highest BCUT2D eigenvalue weighted by atomic mass is 19.3. The lowest BCUT2D eigenvalue weighted by atomic mass is 10.0. The fourth-order valence-electron chi connectivity index (χ4n) is 1.39. The number of nitrogens with zero attached hydrogens (tertiary/aromatic N) is 1. The second-order valence-corrected chi connectivity index (χ2v) is 3.30. The van der Waals surface area contributed by atoms with Crippen LogP contribution in [0.3, 0.4) is 0 Å². The van der Waals surface area contributed by atoms with E-state index in [4.69, 9.17) is 5.11 Å². The molecule has 15 heavy (non-hydrogen) atoms. The zero-order valence-corrected chi connectivity index (χ0v) is 8.38. The Morgan fingerprint density at radius 2 is 2.13 bits per heavy atom. The Kier molecular flexibility index (Phi) is 3.06. The van der Waals surface area contributed by atoms with Crippen molar-refractivity contribution in [2.45, 2.75) is 32.6 Å². The molecule has 0 fully saturated rings. The van der Waals surface area contributed by atoms with Crippen molar-refractivity contribution in [3.63, 3.8) is 0 Å². The summed E-state index contributed by atoms with van der Waals surface area (Å²) in [5.41, 5.74) is -0.202. The largest absolute Gasteiger partial charge is 0.481 e. The van der Waals surface area contributed by atoms with Gasteiger partial charge in [-0.15, -0.1) is 0 Å². The van der Waals surface area contributed by atoms with Gasteiger partial charge in [0.25, 0.3) is 5.92 Å². The minimum absolute atomic E-state index is 0.0305. The highest BCUT2D eigenvalue weighted by Gasteiger charge is 2.37. The number of carboxylic acid groups (broad SMARTS) is 1. The van der Waals surface area contributed by atoms with Gasteiger partial charge in [-0.2, -0.15) is 0 Å². The van der Waals surface area contributed by atoms with Gasteiger partial charge < -0.3 is 9.63 Å². The lowest BCUT2D eigenvalue weighted by molar-refractivity contribution is -0.139. The lowest BCUT2D eigenvalue weighted by Gasteiger charge is -2.14. The number of carbonyl (C=O) groups is 1. The average molecular weight is 219 g/mol. The van der Waals surface area contributed by atoms with Crippen molar-refractivity contribution in [1.29, 1.82) is 0 Å². The molecule has 0 saturated heterocycles. The monoisotopic (exact) mass is 219 g/mol. The van der Waals surface area contributed by atoms with Crippen LogP contribution in [-0.4, -0.2) is 16.2 Å². The van der Waals surface area contributed by atoms with Crippen LogP contribution < -0.4 is 0 Å². The van der Waals surface area contributed by atoms with Crippen molar-refractivity contribution in [2.75, 3.05) is 0 Å². The maximum atomic E-state index is 13.5. The van der Waals surface area contributed by atoms with Crippen LogP contribution in [0.4, 0.5) is 8.78 Å². The second kappa shape index (κ2) is 3.96. The quantitative estimate of drug-likeness (QED) is 0.843. The van der Waals surface area contributed by atoms with Crippen LogP contribution in [0.2, 0.25) is 0 Å². The maximum Gasteiger partial charge on any atom is 0.303 e. The third-order valence-corrected chi connectivity index (χ3v) is 2.05. The minimum Gasteiger partial charge on any atom is -0.481 e. The van der Waals surface area contributed by atoms with E-state index >= 15 is 0 Å². The van der Waals surface area contributed by atoms with E-state index in [9.17, 15) is 13.6 Å². The van der Waals surface area contributed by atoms with E-state index in [-0.39, 0.29) is 17.0 Å². The van der Waals surface area contributed by atoms with E-state index in [1.807, 2.05) is 0 Å². The molecule has 0 unspecified atom stereocenters. The van der Waals surface area contributed by atoms with E-state index in [1.54, 1.807) is 0 Å². The predicted molar refractivity (Wildman–Crippen MR) is 46.7 cm³/mol. The van der Waals surface area contributed by atoms with E-state index in [0.29, 0.717) is 0 Å². The Morgan fingerprint density at radius 1 is 1.53 bits per heavy atom. The Labute approximate surface area is 84.9 Å². The number of halogens is 2. The molecule has 6 heteroatoms. The van der Waals surface area contributed by atoms with E-state index in [1.165, 1.54) is 13.8 Å². The molecule has 84 valence electrons. The molecule has 0 spiro atoms. The fourth-order valence-corrected chi connectivity index (χ4v) is 1.39. The summed E-state index contributed by atoms with van der Waals surface area (Å²) in [6.45, 7) is 2.78. The minimum atomic E-state index is -3.20. The molecular weight excluding hydrogens is 208 g/mol. The summed E-state index contributed by atoms with van der Waals surface area (Å²) in [4.78, 5) is 10.2. The number of rotatable bonds is 4. The highest BCUT2D eigenvalue weighted by Crippen LogP contribution is 2.36. The number of aliphatic carboxylic acids is 1. The van der Waals surface area contributed by atoms with Crippen molar-refractivity contribution in [2.24, 2.45) is 0 Å². The summed E-state index contributed by atoms with van der Waals surface area (Å²) in [5, 5.41) is 11.7. The predicted octanol–water partition coefficient (Wildman–Crippen LogP) is 2.25. The van der Waals surface area contributed by atoms with Gasteiger partial charge in [0.05, 0.1) is 17.7 Å². The number of hydrogen-bond donors (Lipinski definition) is 1. The van der Waals surface area contributed by atoms with Crippen LogP contribution >= 0.6 is 0 Å². The van der Waals surface area contributed by atoms with Gasteiger partial charge in [-0.1, -0.05) is 5.16 Å². The number of aryl methyl sites for hydroxylation is 2. The van der Waals surface area contributed by atoms with Gasteiger partial charge in [-0.3, -0.25) is 4.79 Å². The molecular formula is C9H11F2NO3. The first-order valence-electron chi connectivity index (χ1n) is 4.37. The first kappa shape index (κ1) is 11.6. The van der Waals surface area contributed by atoms with Crippen LogP contribution in [0.5, 0.6) is 0 Å². The van der Waals surface area contributed by atoms with Crippen molar-refractivity contribution in [3.8, 4) is 0 Å². The van der Waals surface area contributed by atoms with Crippen molar-refractivity contribution < 1.29 is 23.2 Å². The Morgan fingerprint density at radius 3 is 2.53 bits per heavy atom. The fraction of sp³-hybridized carbons (Fsp3) is 0.556. The van der Waals surface area contributed by atoms with E-state index in [0.717, 1.165) is 0 Å². The van der Waals surface area contributed by atoms with E-state index < -0.39 is 24.7 Å². The first-order chi connectivity index (χ1) is 6.84. The molecule has 0 atom stereocenters. The Hall–Kier alpha value is -1.46. The zero-order chi connectivity index (χ0) is 11.6. The lowest BCUT2D eigenvalue weighted by Crippen LogP contribution is -2.17. The molecule has 0 saturated carbocycles. The molecule has 0 aliphatic rings. The standard InChI is InChI=1S/C9H11F2NO3/c1-5-8(6(2)15-12-5)9(10,11)4-3-7(13)14/h3-4H2,1-2H3,(H,13,14). The summed E-state index contributed by atoms with van der Waals surface area (Å²) in [6, 6.07) is 0. The Bertz CT molecular complexity index is 354. The molecule has 0 amide bonds. The average Bonchev–Trinajstić information content (AvgIpc) is 2.43. The topological polar surface area (TPSA) is 63.3 Å². The third-order valence-electron chi connectivity index (χ3n) is 2.05. The molecule has 0 aliphatic carbocycles. The number of aromatic nitrogens is 1. The molecule has 0 aliphatic heterocycles. The summed E-state index contributed by atoms with van der Waals surface area (Å²) in [6.07, 6.45) is -1.33. The van der Waals surface area contributed by atoms with Gasteiger partial charge in [-0.25, -0.2) is 8.78 Å². The smallest absolute Gasteiger partial charge is 0.303 e. The van der Waals surface area contributed by atoms with Crippen LogP contribution in [0.1, 0.15) is 29.9 Å². The second-order valence-electron chi connectivity index (χ2n) is 3.30. The molecule has 0 aromatic carbocycles. The normalized spacial score (nSPS) is 11.7. The molecule has 1 heterocycles.